The highest BCUT2D eigenvalue weighted by Crippen LogP contribution is 2.26. The lowest BCUT2D eigenvalue weighted by Gasteiger charge is -2.17. The van der Waals surface area contributed by atoms with Crippen LogP contribution in [-0.4, -0.2) is 23.3 Å². The lowest BCUT2D eigenvalue weighted by atomic mass is 10.1. The molecule has 2 amide bonds. The van der Waals surface area contributed by atoms with Crippen LogP contribution >= 0.6 is 11.6 Å². The maximum atomic E-state index is 12.5. The van der Waals surface area contributed by atoms with Crippen LogP contribution in [0.5, 0.6) is 0 Å². The molecule has 25 heavy (non-hydrogen) atoms. The van der Waals surface area contributed by atoms with Gasteiger partial charge in [-0.25, -0.2) is 0 Å². The van der Waals surface area contributed by atoms with Crippen LogP contribution in [0.4, 0.5) is 5.69 Å². The van der Waals surface area contributed by atoms with Gasteiger partial charge < -0.3 is 10.2 Å². The number of rotatable bonds is 4. The number of carbonyl (C=O) groups is 2. The van der Waals surface area contributed by atoms with Gasteiger partial charge in [0.05, 0.1) is 5.92 Å². The van der Waals surface area contributed by atoms with Crippen LogP contribution in [0.15, 0.2) is 42.5 Å². The molecule has 0 saturated carbocycles. The first-order chi connectivity index (χ1) is 11.9. The number of aryl methyl sites for hydroxylation is 1. The molecule has 2 aromatic carbocycles. The van der Waals surface area contributed by atoms with Crippen molar-refractivity contribution < 1.29 is 9.59 Å². The van der Waals surface area contributed by atoms with Crippen molar-refractivity contribution in [3.63, 3.8) is 0 Å². The Morgan fingerprint density at radius 2 is 2.00 bits per heavy atom. The highest BCUT2D eigenvalue weighted by Gasteiger charge is 2.34. The molecule has 0 spiro atoms. The van der Waals surface area contributed by atoms with Crippen molar-refractivity contribution in [3.05, 3.63) is 64.2 Å². The average molecular weight is 357 g/mol. The van der Waals surface area contributed by atoms with E-state index in [0.717, 1.165) is 16.7 Å². The number of hydrogen-bond acceptors (Lipinski definition) is 2. The van der Waals surface area contributed by atoms with E-state index >= 15 is 0 Å². The van der Waals surface area contributed by atoms with Gasteiger partial charge in [-0.3, -0.25) is 9.59 Å². The van der Waals surface area contributed by atoms with Crippen molar-refractivity contribution in [2.75, 3.05) is 11.9 Å². The summed E-state index contributed by atoms with van der Waals surface area (Å²) in [6.45, 7) is 4.87. The third-order valence-corrected chi connectivity index (χ3v) is 4.98. The van der Waals surface area contributed by atoms with Crippen LogP contribution in [0.1, 0.15) is 23.1 Å². The molecule has 0 aromatic heterocycles. The average Bonchev–Trinajstić information content (AvgIpc) is 2.93. The van der Waals surface area contributed by atoms with Crippen LogP contribution in [0.2, 0.25) is 5.02 Å². The Morgan fingerprint density at radius 3 is 2.76 bits per heavy atom. The molecule has 4 nitrogen and oxygen atoms in total. The second-order valence-corrected chi connectivity index (χ2v) is 6.97. The molecule has 1 saturated heterocycles. The first-order valence-corrected chi connectivity index (χ1v) is 8.71. The molecule has 0 aliphatic carbocycles. The number of nitrogens with one attached hydrogen (secondary N) is 1. The Morgan fingerprint density at radius 1 is 1.24 bits per heavy atom. The van der Waals surface area contributed by atoms with Crippen molar-refractivity contribution in [2.24, 2.45) is 5.92 Å². The van der Waals surface area contributed by atoms with Crippen molar-refractivity contribution in [3.8, 4) is 0 Å². The van der Waals surface area contributed by atoms with E-state index in [1.165, 1.54) is 0 Å². The number of anilines is 1. The number of likely N-dealkylation sites (tertiary alicyclic amines) is 1. The zero-order valence-corrected chi connectivity index (χ0v) is 15.1. The molecule has 1 N–H and O–H groups in total. The third kappa shape index (κ3) is 4.02. The zero-order valence-electron chi connectivity index (χ0n) is 14.4. The highest BCUT2D eigenvalue weighted by molar-refractivity contribution is 6.31. The first kappa shape index (κ1) is 17.5. The van der Waals surface area contributed by atoms with Crippen molar-refractivity contribution in [1.29, 1.82) is 0 Å². The number of nitrogens with zero attached hydrogens (tertiary/aromatic N) is 1. The number of benzene rings is 2. The quantitative estimate of drug-likeness (QED) is 0.901. The molecular weight excluding hydrogens is 336 g/mol. The van der Waals surface area contributed by atoms with E-state index in [1.807, 2.05) is 38.1 Å². The van der Waals surface area contributed by atoms with Crippen LogP contribution in [-0.2, 0) is 16.1 Å². The van der Waals surface area contributed by atoms with Crippen LogP contribution < -0.4 is 5.32 Å². The van der Waals surface area contributed by atoms with Crippen LogP contribution in [0.25, 0.3) is 0 Å². The minimum absolute atomic E-state index is 0.0180. The van der Waals surface area contributed by atoms with Crippen molar-refractivity contribution >= 4 is 29.1 Å². The van der Waals surface area contributed by atoms with Gasteiger partial charge in [0.2, 0.25) is 11.8 Å². The van der Waals surface area contributed by atoms with E-state index in [-0.39, 0.29) is 24.2 Å². The molecule has 3 rings (SSSR count). The fourth-order valence-electron chi connectivity index (χ4n) is 3.11. The summed E-state index contributed by atoms with van der Waals surface area (Å²) >= 11 is 6.09. The van der Waals surface area contributed by atoms with Gasteiger partial charge in [-0.2, -0.15) is 0 Å². The fourth-order valence-corrected chi connectivity index (χ4v) is 3.28. The normalized spacial score (nSPS) is 17.0. The number of amides is 2. The highest BCUT2D eigenvalue weighted by atomic mass is 35.5. The molecule has 2 aromatic rings. The maximum Gasteiger partial charge on any atom is 0.229 e. The minimum atomic E-state index is -0.337. The molecule has 5 heteroatoms. The van der Waals surface area contributed by atoms with Gasteiger partial charge in [0, 0.05) is 30.2 Å². The van der Waals surface area contributed by atoms with Gasteiger partial charge in [0.1, 0.15) is 0 Å². The summed E-state index contributed by atoms with van der Waals surface area (Å²) in [6.07, 6.45) is 0.247. The number of hydrogen-bond donors (Lipinski definition) is 1. The van der Waals surface area contributed by atoms with Crippen molar-refractivity contribution in [1.82, 2.24) is 4.90 Å². The van der Waals surface area contributed by atoms with E-state index in [9.17, 15) is 9.59 Å². The Balaban J connectivity index is 1.65. The van der Waals surface area contributed by atoms with Crippen LogP contribution in [0, 0.1) is 19.8 Å². The standard InChI is InChI=1S/C20H21ClN2O2/c1-13-5-3-6-15(9-13)11-23-12-16(10-19(23)24)20(25)22-18-8-4-7-17(21)14(18)2/h3-9,16H,10-12H2,1-2H3,(H,22,25). The summed E-state index contributed by atoms with van der Waals surface area (Å²) in [5.41, 5.74) is 3.77. The Labute approximate surface area is 152 Å². The third-order valence-electron chi connectivity index (χ3n) is 4.57. The summed E-state index contributed by atoms with van der Waals surface area (Å²) < 4.78 is 0. The second kappa shape index (κ2) is 7.28. The summed E-state index contributed by atoms with van der Waals surface area (Å²) in [4.78, 5) is 26.6. The molecule has 130 valence electrons. The summed E-state index contributed by atoms with van der Waals surface area (Å²) in [7, 11) is 0. The predicted molar refractivity (Wildman–Crippen MR) is 99.5 cm³/mol. The maximum absolute atomic E-state index is 12.5. The summed E-state index contributed by atoms with van der Waals surface area (Å²) in [5, 5.41) is 3.52. The summed E-state index contributed by atoms with van der Waals surface area (Å²) in [5.74, 6) is -0.453. The summed E-state index contributed by atoms with van der Waals surface area (Å²) in [6, 6.07) is 13.5. The molecule has 0 radical (unpaired) electrons. The number of halogens is 1. The molecular formula is C20H21ClN2O2. The Hall–Kier alpha value is -2.33. The Bertz CT molecular complexity index is 819. The van der Waals surface area contributed by atoms with Crippen molar-refractivity contribution in [2.45, 2.75) is 26.8 Å². The Kier molecular flexibility index (Phi) is 5.09. The van der Waals surface area contributed by atoms with E-state index in [1.54, 1.807) is 17.0 Å². The number of carbonyl (C=O) groups excluding carboxylic acids is 2. The molecule has 1 unspecified atom stereocenters. The molecule has 0 bridgehead atoms. The van der Waals surface area contributed by atoms with Gasteiger partial charge in [-0.05, 0) is 37.1 Å². The van der Waals surface area contributed by atoms with Gasteiger partial charge in [0.25, 0.3) is 0 Å². The second-order valence-electron chi connectivity index (χ2n) is 6.57. The van der Waals surface area contributed by atoms with E-state index in [2.05, 4.69) is 11.4 Å². The monoisotopic (exact) mass is 356 g/mol. The molecule has 1 atom stereocenters. The van der Waals surface area contributed by atoms with Gasteiger partial charge in [0.15, 0.2) is 0 Å². The largest absolute Gasteiger partial charge is 0.338 e. The first-order valence-electron chi connectivity index (χ1n) is 8.33. The lowest BCUT2D eigenvalue weighted by molar-refractivity contribution is -0.128. The SMILES string of the molecule is Cc1cccc(CN2CC(C(=O)Nc3cccc(Cl)c3C)CC2=O)c1. The smallest absolute Gasteiger partial charge is 0.229 e. The van der Waals surface area contributed by atoms with Gasteiger partial charge in [-0.1, -0.05) is 47.5 Å². The molecule has 1 heterocycles. The van der Waals surface area contributed by atoms with Gasteiger partial charge in [-0.15, -0.1) is 0 Å². The van der Waals surface area contributed by atoms with Gasteiger partial charge >= 0.3 is 0 Å². The lowest BCUT2D eigenvalue weighted by Crippen LogP contribution is -2.28. The molecule has 1 aliphatic rings. The topological polar surface area (TPSA) is 49.4 Å². The van der Waals surface area contributed by atoms with Crippen LogP contribution in [0.3, 0.4) is 0 Å². The van der Waals surface area contributed by atoms with E-state index in [4.69, 9.17) is 11.6 Å². The zero-order chi connectivity index (χ0) is 18.0. The minimum Gasteiger partial charge on any atom is -0.338 e. The predicted octanol–water partition coefficient (Wildman–Crippen LogP) is 3.94. The van der Waals surface area contributed by atoms with E-state index < -0.39 is 0 Å². The molecule has 1 aliphatic heterocycles. The van der Waals surface area contributed by atoms with E-state index in [0.29, 0.717) is 23.8 Å². The molecule has 1 fully saturated rings. The fraction of sp³-hybridized carbons (Fsp3) is 0.300.